The first kappa shape index (κ1) is 10.7. The number of aromatic nitrogens is 3. The first-order chi connectivity index (χ1) is 8.42. The Balaban J connectivity index is 1.64. The van der Waals surface area contributed by atoms with E-state index >= 15 is 0 Å². The average molecular weight is 231 g/mol. The van der Waals surface area contributed by atoms with E-state index < -0.39 is 0 Å². The number of benzene rings is 1. The molecule has 0 bridgehead atoms. The number of fused-ring (bicyclic) bond motifs is 1. The molecule has 0 spiro atoms. The van der Waals surface area contributed by atoms with E-state index in [9.17, 15) is 0 Å². The summed E-state index contributed by atoms with van der Waals surface area (Å²) in [4.78, 5) is 4.26. The first-order valence-electron chi connectivity index (χ1n) is 6.15. The molecule has 1 aliphatic heterocycles. The minimum absolute atomic E-state index is 0.870. The first-order valence-corrected chi connectivity index (χ1v) is 6.15. The van der Waals surface area contributed by atoms with Gasteiger partial charge >= 0.3 is 0 Å². The van der Waals surface area contributed by atoms with Crippen LogP contribution in [0.2, 0.25) is 0 Å². The molecule has 1 aliphatic rings. The Morgan fingerprint density at radius 1 is 1.00 bits per heavy atom. The Kier molecular flexibility index (Phi) is 3.02. The summed E-state index contributed by atoms with van der Waals surface area (Å²) in [5.41, 5.74) is 1.96. The Hall–Kier alpha value is -1.46. The monoisotopic (exact) mass is 231 g/mol. The second-order valence-electron chi connectivity index (χ2n) is 4.38. The number of nitrogens with zero attached hydrogens (tertiary/aromatic N) is 4. The van der Waals surface area contributed by atoms with Gasteiger partial charge in [0.2, 0.25) is 0 Å². The van der Waals surface area contributed by atoms with Gasteiger partial charge in [-0.3, -0.25) is 4.90 Å². The molecule has 2 heterocycles. The van der Waals surface area contributed by atoms with Crippen molar-refractivity contribution in [3.8, 4) is 0 Å². The van der Waals surface area contributed by atoms with Crippen LogP contribution in [0.4, 0.5) is 0 Å². The van der Waals surface area contributed by atoms with Gasteiger partial charge in [-0.1, -0.05) is 12.1 Å². The van der Waals surface area contributed by atoms with Crippen LogP contribution in [0.1, 0.15) is 0 Å². The number of piperazine rings is 1. The molecule has 1 aromatic carbocycles. The zero-order valence-corrected chi connectivity index (χ0v) is 9.84. The summed E-state index contributed by atoms with van der Waals surface area (Å²) in [5.74, 6) is 0. The standard InChI is InChI=1S/C12H17N5/c1-2-4-12-11(3-1)14-17(15-12)10-9-16-7-5-13-6-8-16/h1-4,13H,5-10H2. The average Bonchev–Trinajstić information content (AvgIpc) is 2.80. The molecule has 0 atom stereocenters. The Bertz CT molecular complexity index is 453. The van der Waals surface area contributed by atoms with Gasteiger partial charge in [-0.05, 0) is 12.1 Å². The van der Waals surface area contributed by atoms with E-state index in [-0.39, 0.29) is 0 Å². The van der Waals surface area contributed by atoms with Gasteiger partial charge in [-0.25, -0.2) is 0 Å². The van der Waals surface area contributed by atoms with Crippen molar-refractivity contribution < 1.29 is 0 Å². The molecule has 0 amide bonds. The molecule has 0 saturated carbocycles. The molecule has 90 valence electrons. The van der Waals surface area contributed by atoms with Crippen LogP contribution in [0, 0.1) is 0 Å². The second kappa shape index (κ2) is 4.81. The maximum atomic E-state index is 4.46. The van der Waals surface area contributed by atoms with Gasteiger partial charge < -0.3 is 5.32 Å². The van der Waals surface area contributed by atoms with E-state index in [0.717, 1.165) is 50.3 Å². The maximum absolute atomic E-state index is 4.46. The van der Waals surface area contributed by atoms with E-state index in [1.54, 1.807) is 0 Å². The SMILES string of the molecule is c1ccc2nn(CCN3CCNCC3)nc2c1. The number of rotatable bonds is 3. The van der Waals surface area contributed by atoms with Gasteiger partial charge in [0.05, 0.1) is 6.54 Å². The molecule has 1 N–H and O–H groups in total. The smallest absolute Gasteiger partial charge is 0.113 e. The van der Waals surface area contributed by atoms with E-state index in [2.05, 4.69) is 20.4 Å². The topological polar surface area (TPSA) is 46.0 Å². The van der Waals surface area contributed by atoms with Crippen LogP contribution in [0.3, 0.4) is 0 Å². The highest BCUT2D eigenvalue weighted by atomic mass is 15.5. The van der Waals surface area contributed by atoms with Crippen molar-refractivity contribution in [2.75, 3.05) is 32.7 Å². The lowest BCUT2D eigenvalue weighted by Crippen LogP contribution is -2.44. The molecule has 3 rings (SSSR count). The van der Waals surface area contributed by atoms with E-state index in [0.29, 0.717) is 0 Å². The summed E-state index contributed by atoms with van der Waals surface area (Å²) < 4.78 is 0. The van der Waals surface area contributed by atoms with Gasteiger partial charge in [0.1, 0.15) is 11.0 Å². The predicted octanol–water partition coefficient (Wildman–Crippen LogP) is 0.336. The summed E-state index contributed by atoms with van der Waals surface area (Å²) in [6.45, 7) is 6.34. The lowest BCUT2D eigenvalue weighted by atomic mass is 10.3. The third-order valence-corrected chi connectivity index (χ3v) is 3.15. The molecule has 1 fully saturated rings. The lowest BCUT2D eigenvalue weighted by Gasteiger charge is -2.26. The molecule has 5 heteroatoms. The van der Waals surface area contributed by atoms with Crippen LogP contribution >= 0.6 is 0 Å². The van der Waals surface area contributed by atoms with Crippen molar-refractivity contribution in [3.63, 3.8) is 0 Å². The fourth-order valence-electron chi connectivity index (χ4n) is 2.17. The van der Waals surface area contributed by atoms with Gasteiger partial charge in [0.25, 0.3) is 0 Å². The summed E-state index contributed by atoms with van der Waals surface area (Å²) in [6, 6.07) is 8.00. The maximum Gasteiger partial charge on any atom is 0.113 e. The zero-order chi connectivity index (χ0) is 11.5. The molecular weight excluding hydrogens is 214 g/mol. The third kappa shape index (κ3) is 2.45. The van der Waals surface area contributed by atoms with Crippen LogP contribution in [-0.4, -0.2) is 52.6 Å². The van der Waals surface area contributed by atoms with Crippen LogP contribution < -0.4 is 5.32 Å². The van der Waals surface area contributed by atoms with Crippen LogP contribution in [-0.2, 0) is 6.54 Å². The van der Waals surface area contributed by atoms with Crippen molar-refractivity contribution in [2.45, 2.75) is 6.54 Å². The fourth-order valence-corrected chi connectivity index (χ4v) is 2.17. The molecule has 5 nitrogen and oxygen atoms in total. The summed E-state index contributed by atoms with van der Waals surface area (Å²) in [6.07, 6.45) is 0. The van der Waals surface area contributed by atoms with Crippen LogP contribution in [0.15, 0.2) is 24.3 Å². The zero-order valence-electron chi connectivity index (χ0n) is 9.84. The Morgan fingerprint density at radius 3 is 2.29 bits per heavy atom. The highest BCUT2D eigenvalue weighted by Gasteiger charge is 2.09. The molecule has 17 heavy (non-hydrogen) atoms. The minimum Gasteiger partial charge on any atom is -0.314 e. The van der Waals surface area contributed by atoms with Gasteiger partial charge in [0.15, 0.2) is 0 Å². The van der Waals surface area contributed by atoms with E-state index in [1.807, 2.05) is 29.1 Å². The predicted molar refractivity (Wildman–Crippen MR) is 66.8 cm³/mol. The minimum atomic E-state index is 0.870. The van der Waals surface area contributed by atoms with Crippen molar-refractivity contribution in [1.29, 1.82) is 0 Å². The van der Waals surface area contributed by atoms with Crippen molar-refractivity contribution in [1.82, 2.24) is 25.2 Å². The molecular formula is C12H17N5. The Morgan fingerprint density at radius 2 is 1.65 bits per heavy atom. The molecule has 1 aromatic heterocycles. The second-order valence-corrected chi connectivity index (χ2v) is 4.38. The molecule has 2 aromatic rings. The molecule has 1 saturated heterocycles. The largest absolute Gasteiger partial charge is 0.314 e. The lowest BCUT2D eigenvalue weighted by molar-refractivity contribution is 0.225. The summed E-state index contributed by atoms with van der Waals surface area (Å²) >= 11 is 0. The number of nitrogens with one attached hydrogen (secondary N) is 1. The van der Waals surface area contributed by atoms with Crippen molar-refractivity contribution in [2.24, 2.45) is 0 Å². The van der Waals surface area contributed by atoms with Crippen molar-refractivity contribution >= 4 is 11.0 Å². The highest BCUT2D eigenvalue weighted by molar-refractivity contribution is 5.72. The van der Waals surface area contributed by atoms with Crippen LogP contribution in [0.25, 0.3) is 11.0 Å². The summed E-state index contributed by atoms with van der Waals surface area (Å²) in [5, 5.41) is 12.3. The quantitative estimate of drug-likeness (QED) is 0.827. The third-order valence-electron chi connectivity index (χ3n) is 3.15. The van der Waals surface area contributed by atoms with Gasteiger partial charge in [-0.2, -0.15) is 15.0 Å². The van der Waals surface area contributed by atoms with E-state index in [4.69, 9.17) is 0 Å². The van der Waals surface area contributed by atoms with Gasteiger partial charge in [-0.15, -0.1) is 0 Å². The fraction of sp³-hybridized carbons (Fsp3) is 0.500. The normalized spacial score (nSPS) is 17.6. The summed E-state index contributed by atoms with van der Waals surface area (Å²) in [7, 11) is 0. The molecule has 0 unspecified atom stereocenters. The van der Waals surface area contributed by atoms with Gasteiger partial charge in [0, 0.05) is 32.7 Å². The Labute approximate surface area is 100 Å². The molecule has 0 aliphatic carbocycles. The highest BCUT2D eigenvalue weighted by Crippen LogP contribution is 2.06. The number of hydrogen-bond acceptors (Lipinski definition) is 4. The number of hydrogen-bond donors (Lipinski definition) is 1. The molecule has 0 radical (unpaired) electrons. The van der Waals surface area contributed by atoms with Crippen molar-refractivity contribution in [3.05, 3.63) is 24.3 Å². The van der Waals surface area contributed by atoms with E-state index in [1.165, 1.54) is 0 Å². The van der Waals surface area contributed by atoms with Crippen LogP contribution in [0.5, 0.6) is 0 Å².